The molecule has 0 saturated heterocycles. The predicted molar refractivity (Wildman–Crippen MR) is 67.9 cm³/mol. The molecule has 1 fully saturated rings. The van der Waals surface area contributed by atoms with Crippen molar-refractivity contribution in [3.63, 3.8) is 0 Å². The summed E-state index contributed by atoms with van der Waals surface area (Å²) in [5, 5.41) is 6.34. The number of carbonyl (C=O) groups excluding carboxylic acids is 1. The number of anilines is 1. The third kappa shape index (κ3) is 2.14. The SMILES string of the molecule is O=C(NCC1CCC1)C1Cc2ccccc2N1. The molecule has 1 heterocycles. The van der Waals surface area contributed by atoms with E-state index in [1.54, 1.807) is 0 Å². The first-order valence-corrected chi connectivity index (χ1v) is 6.45. The summed E-state index contributed by atoms with van der Waals surface area (Å²) in [4.78, 5) is 12.0. The molecule has 0 aromatic heterocycles. The van der Waals surface area contributed by atoms with Crippen molar-refractivity contribution in [2.75, 3.05) is 11.9 Å². The standard InChI is InChI=1S/C14H18N2O/c17-14(15-9-10-4-3-5-10)13-8-11-6-1-2-7-12(11)16-13/h1-2,6-7,10,13,16H,3-5,8-9H2,(H,15,17). The molecule has 3 heteroatoms. The number of fused-ring (bicyclic) bond motifs is 1. The molecule has 1 aliphatic carbocycles. The predicted octanol–water partition coefficient (Wildman–Crippen LogP) is 1.94. The smallest absolute Gasteiger partial charge is 0.242 e. The highest BCUT2D eigenvalue weighted by Crippen LogP contribution is 2.27. The maximum Gasteiger partial charge on any atom is 0.242 e. The molecule has 1 amide bonds. The highest BCUT2D eigenvalue weighted by atomic mass is 16.2. The van der Waals surface area contributed by atoms with Crippen molar-refractivity contribution in [1.82, 2.24) is 5.32 Å². The molecule has 1 saturated carbocycles. The second kappa shape index (κ2) is 4.40. The van der Waals surface area contributed by atoms with E-state index in [9.17, 15) is 4.79 Å². The van der Waals surface area contributed by atoms with Crippen molar-refractivity contribution in [2.45, 2.75) is 31.7 Å². The molecule has 3 nitrogen and oxygen atoms in total. The maximum atomic E-state index is 12.0. The van der Waals surface area contributed by atoms with Crippen molar-refractivity contribution >= 4 is 11.6 Å². The molecule has 1 aromatic rings. The Hall–Kier alpha value is -1.51. The first kappa shape index (κ1) is 10.6. The average molecular weight is 230 g/mol. The van der Waals surface area contributed by atoms with Crippen LogP contribution in [-0.4, -0.2) is 18.5 Å². The Kier molecular flexibility index (Phi) is 2.75. The number of hydrogen-bond acceptors (Lipinski definition) is 2. The molecule has 0 spiro atoms. The number of benzene rings is 1. The summed E-state index contributed by atoms with van der Waals surface area (Å²) in [7, 11) is 0. The van der Waals surface area contributed by atoms with E-state index in [2.05, 4.69) is 16.7 Å². The summed E-state index contributed by atoms with van der Waals surface area (Å²) in [6, 6.07) is 8.07. The van der Waals surface area contributed by atoms with Gasteiger partial charge in [-0.2, -0.15) is 0 Å². The van der Waals surface area contributed by atoms with E-state index in [0.717, 1.165) is 24.6 Å². The zero-order valence-electron chi connectivity index (χ0n) is 9.91. The van der Waals surface area contributed by atoms with Gasteiger partial charge in [0.25, 0.3) is 0 Å². The minimum Gasteiger partial charge on any atom is -0.373 e. The van der Waals surface area contributed by atoms with E-state index < -0.39 is 0 Å². The van der Waals surface area contributed by atoms with E-state index in [1.807, 2.05) is 18.2 Å². The lowest BCUT2D eigenvalue weighted by atomic mass is 9.85. The lowest BCUT2D eigenvalue weighted by Crippen LogP contribution is -2.41. The summed E-state index contributed by atoms with van der Waals surface area (Å²) < 4.78 is 0. The molecule has 3 rings (SSSR count). The first-order chi connectivity index (χ1) is 8.33. The van der Waals surface area contributed by atoms with Gasteiger partial charge in [0.1, 0.15) is 6.04 Å². The van der Waals surface area contributed by atoms with E-state index in [4.69, 9.17) is 0 Å². The molecule has 2 aliphatic rings. The first-order valence-electron chi connectivity index (χ1n) is 6.45. The zero-order chi connectivity index (χ0) is 11.7. The Morgan fingerprint density at radius 2 is 2.18 bits per heavy atom. The fourth-order valence-corrected chi connectivity index (χ4v) is 2.52. The average Bonchev–Trinajstić information content (AvgIpc) is 2.70. The molecule has 0 bridgehead atoms. The van der Waals surface area contributed by atoms with Crippen molar-refractivity contribution in [2.24, 2.45) is 5.92 Å². The van der Waals surface area contributed by atoms with Crippen LogP contribution in [0.5, 0.6) is 0 Å². The maximum absolute atomic E-state index is 12.0. The topological polar surface area (TPSA) is 41.1 Å². The number of rotatable bonds is 3. The lowest BCUT2D eigenvalue weighted by Gasteiger charge is -2.26. The molecule has 1 aliphatic heterocycles. The highest BCUT2D eigenvalue weighted by molar-refractivity contribution is 5.87. The molecular weight excluding hydrogens is 212 g/mol. The van der Waals surface area contributed by atoms with Crippen LogP contribution in [0.2, 0.25) is 0 Å². The quantitative estimate of drug-likeness (QED) is 0.833. The van der Waals surface area contributed by atoms with Gasteiger partial charge >= 0.3 is 0 Å². The fraction of sp³-hybridized carbons (Fsp3) is 0.500. The van der Waals surface area contributed by atoms with Gasteiger partial charge in [-0.15, -0.1) is 0 Å². The number of nitrogens with one attached hydrogen (secondary N) is 2. The summed E-state index contributed by atoms with van der Waals surface area (Å²) in [6.45, 7) is 0.855. The molecule has 17 heavy (non-hydrogen) atoms. The van der Waals surface area contributed by atoms with Crippen molar-refractivity contribution in [3.8, 4) is 0 Å². The second-order valence-corrected chi connectivity index (χ2v) is 5.10. The number of hydrogen-bond donors (Lipinski definition) is 2. The minimum absolute atomic E-state index is 0.0764. The number of amides is 1. The van der Waals surface area contributed by atoms with Crippen LogP contribution in [0.15, 0.2) is 24.3 Å². The van der Waals surface area contributed by atoms with Crippen LogP contribution in [0.1, 0.15) is 24.8 Å². The second-order valence-electron chi connectivity index (χ2n) is 5.10. The van der Waals surface area contributed by atoms with Gasteiger partial charge in [0, 0.05) is 18.7 Å². The number of carbonyl (C=O) groups is 1. The Labute approximate surface area is 102 Å². The summed E-state index contributed by atoms with van der Waals surface area (Å²) >= 11 is 0. The number of para-hydroxylation sites is 1. The molecule has 0 radical (unpaired) electrons. The summed E-state index contributed by atoms with van der Waals surface area (Å²) in [6.07, 6.45) is 4.69. The molecule has 2 N–H and O–H groups in total. The normalized spacial score (nSPS) is 22.5. The van der Waals surface area contributed by atoms with Crippen LogP contribution in [0.3, 0.4) is 0 Å². The molecule has 1 aromatic carbocycles. The van der Waals surface area contributed by atoms with E-state index in [-0.39, 0.29) is 11.9 Å². The van der Waals surface area contributed by atoms with Crippen LogP contribution >= 0.6 is 0 Å². The third-order valence-electron chi connectivity index (χ3n) is 3.88. The fourth-order valence-electron chi connectivity index (χ4n) is 2.52. The van der Waals surface area contributed by atoms with Crippen molar-refractivity contribution in [3.05, 3.63) is 29.8 Å². The third-order valence-corrected chi connectivity index (χ3v) is 3.88. The van der Waals surface area contributed by atoms with Crippen LogP contribution in [-0.2, 0) is 11.2 Å². The zero-order valence-corrected chi connectivity index (χ0v) is 9.91. The van der Waals surface area contributed by atoms with Crippen molar-refractivity contribution in [1.29, 1.82) is 0 Å². The van der Waals surface area contributed by atoms with E-state index in [1.165, 1.54) is 24.8 Å². The molecule has 90 valence electrons. The molecule has 1 atom stereocenters. The van der Waals surface area contributed by atoms with E-state index >= 15 is 0 Å². The van der Waals surface area contributed by atoms with Gasteiger partial charge in [-0.3, -0.25) is 4.79 Å². The Bertz CT molecular complexity index is 401. The van der Waals surface area contributed by atoms with Crippen LogP contribution in [0.25, 0.3) is 0 Å². The van der Waals surface area contributed by atoms with Crippen LogP contribution in [0.4, 0.5) is 5.69 Å². The van der Waals surface area contributed by atoms with Gasteiger partial charge in [-0.1, -0.05) is 24.6 Å². The van der Waals surface area contributed by atoms with Gasteiger partial charge < -0.3 is 10.6 Å². The lowest BCUT2D eigenvalue weighted by molar-refractivity contribution is -0.122. The molecule has 1 unspecified atom stereocenters. The minimum atomic E-state index is -0.0764. The Morgan fingerprint density at radius 1 is 1.35 bits per heavy atom. The van der Waals surface area contributed by atoms with E-state index in [0.29, 0.717) is 0 Å². The summed E-state index contributed by atoms with van der Waals surface area (Å²) in [5.41, 5.74) is 2.35. The van der Waals surface area contributed by atoms with Crippen LogP contribution in [0, 0.1) is 5.92 Å². The Morgan fingerprint density at radius 3 is 2.88 bits per heavy atom. The van der Waals surface area contributed by atoms with Crippen LogP contribution < -0.4 is 10.6 Å². The molecular formula is C14H18N2O. The highest BCUT2D eigenvalue weighted by Gasteiger charge is 2.27. The van der Waals surface area contributed by atoms with Crippen molar-refractivity contribution < 1.29 is 4.79 Å². The Balaban J connectivity index is 1.54. The summed E-state index contributed by atoms with van der Waals surface area (Å²) in [5.74, 6) is 0.871. The van der Waals surface area contributed by atoms with Gasteiger partial charge in [0.2, 0.25) is 5.91 Å². The monoisotopic (exact) mass is 230 g/mol. The van der Waals surface area contributed by atoms with Gasteiger partial charge in [0.05, 0.1) is 0 Å². The largest absolute Gasteiger partial charge is 0.373 e. The van der Waals surface area contributed by atoms with Gasteiger partial charge in [0.15, 0.2) is 0 Å². The van der Waals surface area contributed by atoms with Gasteiger partial charge in [-0.05, 0) is 30.4 Å². The van der Waals surface area contributed by atoms with Gasteiger partial charge in [-0.25, -0.2) is 0 Å².